The molecule has 15 nitrogen and oxygen atoms in total. The zero-order valence-electron chi connectivity index (χ0n) is 37.7. The number of carbonyl (C=O) groups is 2. The summed E-state index contributed by atoms with van der Waals surface area (Å²) in [5.41, 5.74) is -0.716. The Morgan fingerprint density at radius 2 is 1.70 bits per heavy atom. The fraction of sp³-hybridized carbons (Fsp3) is 0.689. The van der Waals surface area contributed by atoms with Gasteiger partial charge in [0, 0.05) is 36.9 Å². The Morgan fingerprint density at radius 3 is 2.27 bits per heavy atom. The Labute approximate surface area is 355 Å². The summed E-state index contributed by atoms with van der Waals surface area (Å²) in [6.07, 6.45) is -4.66. The molecule has 2 saturated heterocycles. The van der Waals surface area contributed by atoms with Gasteiger partial charge in [-0.2, -0.15) is 10.2 Å². The number of ether oxygens (including phenoxy) is 6. The number of cyclic esters (lactones) is 1. The van der Waals surface area contributed by atoms with Crippen molar-refractivity contribution in [2.24, 2.45) is 33.9 Å². The van der Waals surface area contributed by atoms with Crippen LogP contribution in [0.3, 0.4) is 0 Å². The molecule has 1 aromatic carbocycles. The summed E-state index contributed by atoms with van der Waals surface area (Å²) in [5.74, 6) is -3.89. The molecule has 0 aliphatic carbocycles. The van der Waals surface area contributed by atoms with Gasteiger partial charge in [0.15, 0.2) is 6.29 Å². The van der Waals surface area contributed by atoms with Crippen molar-refractivity contribution in [2.45, 2.75) is 148 Å². The topological polar surface area (TPSA) is 194 Å². The number of aliphatic hydroxyl groups is 3. The van der Waals surface area contributed by atoms with Gasteiger partial charge in [0.05, 0.1) is 54.8 Å². The molecule has 0 amide bonds. The van der Waals surface area contributed by atoms with Gasteiger partial charge < -0.3 is 53.6 Å². The van der Waals surface area contributed by atoms with Gasteiger partial charge >= 0.3 is 11.9 Å². The number of likely N-dealkylation sites (N-methyl/N-ethyl adjacent to an activating group) is 1. The van der Waals surface area contributed by atoms with Crippen molar-refractivity contribution in [1.82, 2.24) is 9.88 Å². The van der Waals surface area contributed by atoms with E-state index in [1.807, 2.05) is 65.7 Å². The molecular formula is C45H70N4O11. The van der Waals surface area contributed by atoms with Crippen LogP contribution >= 0.6 is 0 Å². The zero-order chi connectivity index (χ0) is 44.7. The average molecular weight is 843 g/mol. The van der Waals surface area contributed by atoms with Crippen LogP contribution in [0.1, 0.15) is 92.8 Å². The lowest BCUT2D eigenvalue weighted by molar-refractivity contribution is -0.301. The molecule has 0 radical (unpaired) electrons. The van der Waals surface area contributed by atoms with Gasteiger partial charge in [-0.05, 0) is 104 Å². The first-order chi connectivity index (χ1) is 28.2. The number of aromatic nitrogens is 1. The SMILES string of the molecule is CCC1OC(=O)C(C)C(OC(=O)Cc2ccc(OC)cc2)C(C)C(OC2OC(C)CC(N(C)C)C2O)C(C)(OC)CC(C)C(=NN=C(C)c2ccc[nH]2)C(C)C(O)C1(C)O. The number of rotatable bonds is 11. The van der Waals surface area contributed by atoms with E-state index in [1.165, 1.54) is 6.92 Å². The summed E-state index contributed by atoms with van der Waals surface area (Å²) in [6, 6.07) is 10.4. The van der Waals surface area contributed by atoms with Gasteiger partial charge in [0.25, 0.3) is 0 Å². The van der Waals surface area contributed by atoms with Crippen LogP contribution in [0.15, 0.2) is 52.8 Å². The number of nitrogens with one attached hydrogen (secondary N) is 1. The minimum absolute atomic E-state index is 0.107. The van der Waals surface area contributed by atoms with Crippen LogP contribution in [0.2, 0.25) is 0 Å². The normalized spacial score (nSPS) is 37.0. The van der Waals surface area contributed by atoms with Crippen LogP contribution in [0.5, 0.6) is 5.75 Å². The third kappa shape index (κ3) is 11.4. The van der Waals surface area contributed by atoms with E-state index in [0.29, 0.717) is 29.2 Å². The second-order valence-electron chi connectivity index (χ2n) is 17.5. The summed E-state index contributed by atoms with van der Waals surface area (Å²) < 4.78 is 37.3. The number of H-pyrrole nitrogens is 1. The molecule has 1 aromatic heterocycles. The van der Waals surface area contributed by atoms with Crippen LogP contribution in [0.4, 0.5) is 0 Å². The zero-order valence-corrected chi connectivity index (χ0v) is 37.7. The highest BCUT2D eigenvalue weighted by Gasteiger charge is 2.52. The number of aromatic amines is 1. The van der Waals surface area contributed by atoms with Crippen molar-refractivity contribution < 1.29 is 53.3 Å². The Kier molecular flexibility index (Phi) is 17.1. The number of carbonyl (C=O) groups excluding carboxylic acids is 2. The van der Waals surface area contributed by atoms with Gasteiger partial charge in [-0.1, -0.05) is 39.8 Å². The van der Waals surface area contributed by atoms with E-state index in [0.717, 1.165) is 5.69 Å². The minimum Gasteiger partial charge on any atom is -0.497 e. The average Bonchev–Trinajstić information content (AvgIpc) is 3.76. The van der Waals surface area contributed by atoms with Gasteiger partial charge in [0.1, 0.15) is 29.7 Å². The fourth-order valence-electron chi connectivity index (χ4n) is 8.83. The predicted molar refractivity (Wildman–Crippen MR) is 228 cm³/mol. The number of aliphatic hydroxyl groups excluding tert-OH is 2. The molecule has 4 N–H and O–H groups in total. The molecule has 3 heterocycles. The molecule has 14 unspecified atom stereocenters. The van der Waals surface area contributed by atoms with E-state index >= 15 is 0 Å². The molecule has 336 valence electrons. The molecule has 2 fully saturated rings. The summed E-state index contributed by atoms with van der Waals surface area (Å²) in [4.78, 5) is 33.3. The number of hydrogen-bond acceptors (Lipinski definition) is 14. The van der Waals surface area contributed by atoms with Crippen molar-refractivity contribution in [3.05, 3.63) is 53.9 Å². The lowest BCUT2D eigenvalue weighted by Gasteiger charge is -2.48. The molecule has 0 bridgehead atoms. The summed E-state index contributed by atoms with van der Waals surface area (Å²) >= 11 is 0. The Balaban J connectivity index is 1.90. The van der Waals surface area contributed by atoms with E-state index in [-0.39, 0.29) is 31.4 Å². The summed E-state index contributed by atoms with van der Waals surface area (Å²) in [5, 5.41) is 45.1. The monoisotopic (exact) mass is 843 g/mol. The van der Waals surface area contributed by atoms with Crippen molar-refractivity contribution in [3.63, 3.8) is 0 Å². The van der Waals surface area contributed by atoms with Crippen molar-refractivity contribution in [1.29, 1.82) is 0 Å². The van der Waals surface area contributed by atoms with Crippen LogP contribution < -0.4 is 4.74 Å². The van der Waals surface area contributed by atoms with Crippen molar-refractivity contribution >= 4 is 23.4 Å². The standard InChI is InChI=1S/C45H70N4O11/c1-14-35-45(9,54)40(52)27(4)37(48-47-30(7)33-16-15-21-46-33)25(2)24-44(8,56-13)41(60-43-38(51)34(49(10)11)22-26(3)57-43)28(5)39(29(6)42(53)58-35)59-36(50)23-31-17-19-32(55-12)20-18-31/h15-21,25-29,34-35,38-41,43,46,51-52,54H,14,22-24H2,1-13H3. The Bertz CT molecular complexity index is 1750. The highest BCUT2D eigenvalue weighted by atomic mass is 16.7. The molecule has 15 heteroatoms. The smallest absolute Gasteiger partial charge is 0.312 e. The summed E-state index contributed by atoms with van der Waals surface area (Å²) in [7, 11) is 6.87. The first kappa shape index (κ1) is 49.0. The van der Waals surface area contributed by atoms with Crippen molar-refractivity contribution in [3.8, 4) is 5.75 Å². The van der Waals surface area contributed by atoms with E-state index in [2.05, 4.69) is 10.1 Å². The molecule has 14 atom stereocenters. The first-order valence-electron chi connectivity index (χ1n) is 21.1. The Morgan fingerprint density at radius 1 is 1.03 bits per heavy atom. The van der Waals surface area contributed by atoms with Gasteiger partial charge in [-0.3, -0.25) is 9.59 Å². The molecule has 60 heavy (non-hydrogen) atoms. The largest absolute Gasteiger partial charge is 0.497 e. The lowest BCUT2D eigenvalue weighted by Crippen LogP contribution is -2.60. The van der Waals surface area contributed by atoms with Crippen LogP contribution in [0, 0.1) is 23.7 Å². The number of nitrogens with zero attached hydrogens (tertiary/aromatic N) is 3. The van der Waals surface area contributed by atoms with E-state index < -0.39 is 83.6 Å². The van der Waals surface area contributed by atoms with Crippen LogP contribution in [-0.4, -0.2) is 137 Å². The number of esters is 2. The van der Waals surface area contributed by atoms with Crippen LogP contribution in [0.25, 0.3) is 0 Å². The first-order valence-corrected chi connectivity index (χ1v) is 21.1. The quantitative estimate of drug-likeness (QED) is 0.136. The number of methoxy groups -OCH3 is 2. The van der Waals surface area contributed by atoms with Crippen molar-refractivity contribution in [2.75, 3.05) is 28.3 Å². The van der Waals surface area contributed by atoms with Gasteiger partial charge in [-0.25, -0.2) is 0 Å². The molecule has 2 aromatic rings. The van der Waals surface area contributed by atoms with Gasteiger partial charge in [-0.15, -0.1) is 0 Å². The fourth-order valence-corrected chi connectivity index (χ4v) is 8.83. The molecular weight excluding hydrogens is 773 g/mol. The molecule has 2 aliphatic heterocycles. The maximum atomic E-state index is 14.3. The maximum absolute atomic E-state index is 14.3. The molecule has 0 saturated carbocycles. The van der Waals surface area contributed by atoms with E-state index in [1.54, 1.807) is 65.5 Å². The van der Waals surface area contributed by atoms with Gasteiger partial charge in [0.2, 0.25) is 0 Å². The molecule has 2 aliphatic rings. The Hall–Kier alpha value is -3.70. The lowest BCUT2D eigenvalue weighted by atomic mass is 9.73. The third-order valence-electron chi connectivity index (χ3n) is 12.6. The highest BCUT2D eigenvalue weighted by Crippen LogP contribution is 2.40. The summed E-state index contributed by atoms with van der Waals surface area (Å²) in [6.45, 7) is 15.9. The third-order valence-corrected chi connectivity index (χ3v) is 12.6. The predicted octanol–water partition coefficient (Wildman–Crippen LogP) is 4.94. The number of benzene rings is 1. The number of hydrogen-bond donors (Lipinski definition) is 4. The van der Waals surface area contributed by atoms with E-state index in [9.17, 15) is 24.9 Å². The molecule has 4 rings (SSSR count). The van der Waals surface area contributed by atoms with E-state index in [4.69, 9.17) is 33.5 Å². The highest BCUT2D eigenvalue weighted by molar-refractivity contribution is 5.98. The molecule has 0 spiro atoms. The minimum atomic E-state index is -1.94. The van der Waals surface area contributed by atoms with Crippen LogP contribution in [-0.2, 0) is 39.7 Å². The second-order valence-corrected chi connectivity index (χ2v) is 17.5. The second kappa shape index (κ2) is 20.9. The maximum Gasteiger partial charge on any atom is 0.312 e.